The van der Waals surface area contributed by atoms with E-state index in [4.69, 9.17) is 5.11 Å². The van der Waals surface area contributed by atoms with E-state index in [2.05, 4.69) is 0 Å². The van der Waals surface area contributed by atoms with Crippen molar-refractivity contribution in [2.75, 3.05) is 85.1 Å². The Morgan fingerprint density at radius 2 is 0.861 bits per heavy atom. The van der Waals surface area contributed by atoms with E-state index in [9.17, 15) is 39.3 Å². The van der Waals surface area contributed by atoms with Crippen LogP contribution in [0.1, 0.15) is 12.8 Å². The van der Waals surface area contributed by atoms with Crippen molar-refractivity contribution in [3.8, 4) is 0 Å². The molecule has 1 aliphatic carbocycles. The second kappa shape index (κ2) is 16.4. The Hall–Kier alpha value is -1.49. The summed E-state index contributed by atoms with van der Waals surface area (Å²) in [6.07, 6.45) is 1.51. The van der Waals surface area contributed by atoms with Crippen LogP contribution in [0.5, 0.6) is 0 Å². The van der Waals surface area contributed by atoms with Crippen LogP contribution in [0.15, 0.2) is 0 Å². The summed E-state index contributed by atoms with van der Waals surface area (Å²) in [6.45, 7) is 1.16. The maximum absolute atomic E-state index is 12.9. The molecule has 1 saturated heterocycles. The molecule has 0 radical (unpaired) electrons. The maximum Gasteiger partial charge on any atom is 0.323 e. The molecule has 36 heavy (non-hydrogen) atoms. The van der Waals surface area contributed by atoms with Gasteiger partial charge in [-0.05, 0) is 12.8 Å². The van der Waals surface area contributed by atoms with Gasteiger partial charge in [-0.15, -0.1) is 0 Å². The first-order chi connectivity index (χ1) is 16.5. The summed E-state index contributed by atoms with van der Waals surface area (Å²) in [5.74, 6) is -4.51. The quantitative estimate of drug-likeness (QED) is 0.184. The number of carboxylic acids is 4. The molecule has 15 heteroatoms. The van der Waals surface area contributed by atoms with E-state index < -0.39 is 23.9 Å². The number of hydrogen-bond donors (Lipinski definition) is 4. The van der Waals surface area contributed by atoms with E-state index in [0.29, 0.717) is 26.2 Å². The van der Waals surface area contributed by atoms with Gasteiger partial charge < -0.3 is 25.3 Å². The zero-order valence-corrected chi connectivity index (χ0v) is 22.4. The standard InChI is InChI=1S/C21H35N5O9.Gd/c27-17(26(15-21(34)35)16-1-2-16)11-22-3-5-23(12-18(28)29)7-9-25(14-20(32)33)10-8-24(6-4-22)13-19(30)31;/h16H,1-15H2,(H,28,29)(H,30,31)(H,32,33)(H,34,35);. The molecular formula is C21H35GdN5O9. The van der Waals surface area contributed by atoms with Crippen LogP contribution in [0.3, 0.4) is 0 Å². The van der Waals surface area contributed by atoms with Crippen molar-refractivity contribution in [2.45, 2.75) is 18.9 Å². The third kappa shape index (κ3) is 13.2. The van der Waals surface area contributed by atoms with Crippen molar-refractivity contribution in [1.29, 1.82) is 0 Å². The van der Waals surface area contributed by atoms with Crippen molar-refractivity contribution in [3.05, 3.63) is 0 Å². The first kappa shape index (κ1) is 32.5. The molecule has 0 spiro atoms. The van der Waals surface area contributed by atoms with Gasteiger partial charge in [0.2, 0.25) is 5.91 Å². The number of carboxylic acid groups (broad SMARTS) is 4. The fourth-order valence-electron chi connectivity index (χ4n) is 4.02. The van der Waals surface area contributed by atoms with Crippen LogP contribution >= 0.6 is 0 Å². The zero-order chi connectivity index (χ0) is 26.0. The minimum atomic E-state index is -1.09. The third-order valence-corrected chi connectivity index (χ3v) is 5.98. The topological polar surface area (TPSA) is 182 Å². The minimum absolute atomic E-state index is 0. The number of hydrogen-bond acceptors (Lipinski definition) is 9. The second-order valence-electron chi connectivity index (χ2n) is 8.93. The van der Waals surface area contributed by atoms with E-state index in [1.54, 1.807) is 19.6 Å². The van der Waals surface area contributed by atoms with Crippen molar-refractivity contribution in [2.24, 2.45) is 0 Å². The molecule has 1 heterocycles. The van der Waals surface area contributed by atoms with Crippen LogP contribution in [0.25, 0.3) is 0 Å². The predicted molar refractivity (Wildman–Crippen MR) is 121 cm³/mol. The number of carbonyl (C=O) groups is 5. The smallest absolute Gasteiger partial charge is 0.323 e. The van der Waals surface area contributed by atoms with Gasteiger partial charge in [-0.1, -0.05) is 0 Å². The molecule has 2 rings (SSSR count). The van der Waals surface area contributed by atoms with Gasteiger partial charge in [0.05, 0.1) is 26.2 Å². The van der Waals surface area contributed by atoms with Gasteiger partial charge in [-0.3, -0.25) is 43.6 Å². The molecule has 1 saturated carbocycles. The van der Waals surface area contributed by atoms with Gasteiger partial charge in [-0.2, -0.15) is 0 Å². The average molecular weight is 659 g/mol. The first-order valence-electron chi connectivity index (χ1n) is 11.6. The minimum Gasteiger partial charge on any atom is -0.480 e. The van der Waals surface area contributed by atoms with Crippen LogP contribution in [-0.4, -0.2) is 166 Å². The Morgan fingerprint density at radius 3 is 1.11 bits per heavy atom. The van der Waals surface area contributed by atoms with E-state index in [1.807, 2.05) is 0 Å². The summed E-state index contributed by atoms with van der Waals surface area (Å²) in [5, 5.41) is 36.9. The Bertz CT molecular complexity index is 751. The van der Waals surface area contributed by atoms with Gasteiger partial charge >= 0.3 is 23.9 Å². The predicted octanol–water partition coefficient (Wildman–Crippen LogP) is -2.46. The van der Waals surface area contributed by atoms with E-state index >= 15 is 0 Å². The molecule has 0 bridgehead atoms. The van der Waals surface area contributed by atoms with Crippen molar-refractivity contribution < 1.29 is 84.3 Å². The van der Waals surface area contributed by atoms with Crippen LogP contribution in [-0.2, 0) is 24.0 Å². The second-order valence-corrected chi connectivity index (χ2v) is 8.93. The maximum atomic E-state index is 12.9. The molecule has 1 amide bonds. The molecule has 206 valence electrons. The number of aliphatic carboxylic acids is 4. The van der Waals surface area contributed by atoms with Gasteiger partial charge in [-0.25, -0.2) is 0 Å². The molecule has 14 nitrogen and oxygen atoms in total. The normalized spacial score (nSPS) is 19.3. The molecule has 0 unspecified atom stereocenters. The fraction of sp³-hybridized carbons (Fsp3) is 0.762. The number of amides is 1. The molecule has 2 aliphatic rings. The Kier molecular flexibility index (Phi) is 14.8. The Labute approximate surface area is 241 Å². The number of rotatable bonds is 11. The van der Waals surface area contributed by atoms with Gasteiger partial charge in [0.1, 0.15) is 6.54 Å². The Balaban J connectivity index is 0.00000648. The molecule has 0 aromatic rings. The summed E-state index contributed by atoms with van der Waals surface area (Å²) in [5.41, 5.74) is 0. The summed E-state index contributed by atoms with van der Waals surface area (Å²) < 4.78 is 0. The molecule has 0 aromatic heterocycles. The SMILES string of the molecule is O=C(O)CN1CCN(CC(=O)O)CCN(CC(=O)N(CC(=O)O)C2CC2)CCN(CC(=O)O)CC1.[Gd]. The monoisotopic (exact) mass is 659 g/mol. The molecule has 0 atom stereocenters. The van der Waals surface area contributed by atoms with Crippen LogP contribution in [0.2, 0.25) is 0 Å². The molecule has 2 fully saturated rings. The Morgan fingerprint density at radius 1 is 0.556 bits per heavy atom. The molecule has 0 aromatic carbocycles. The third-order valence-electron chi connectivity index (χ3n) is 5.98. The molecular weight excluding hydrogens is 624 g/mol. The van der Waals surface area contributed by atoms with E-state index in [1.165, 1.54) is 4.90 Å². The van der Waals surface area contributed by atoms with Crippen molar-refractivity contribution >= 4 is 29.8 Å². The molecule has 4 N–H and O–H groups in total. The van der Waals surface area contributed by atoms with Crippen LogP contribution in [0, 0.1) is 39.9 Å². The zero-order valence-electron chi connectivity index (χ0n) is 20.1. The van der Waals surface area contributed by atoms with Crippen LogP contribution in [0.4, 0.5) is 0 Å². The average Bonchev–Trinajstić information content (AvgIpc) is 3.57. The summed E-state index contributed by atoms with van der Waals surface area (Å²) >= 11 is 0. The first-order valence-corrected chi connectivity index (χ1v) is 11.6. The summed E-state index contributed by atoms with van der Waals surface area (Å²) in [6, 6.07) is -0.0849. The van der Waals surface area contributed by atoms with Crippen LogP contribution < -0.4 is 0 Å². The van der Waals surface area contributed by atoms with E-state index in [0.717, 1.165) is 12.8 Å². The van der Waals surface area contributed by atoms with Gasteiger partial charge in [0.25, 0.3) is 0 Å². The summed E-state index contributed by atoms with van der Waals surface area (Å²) in [4.78, 5) is 66.2. The molecule has 1 aliphatic heterocycles. The van der Waals surface area contributed by atoms with E-state index in [-0.39, 0.29) is 111 Å². The fourth-order valence-corrected chi connectivity index (χ4v) is 4.02. The van der Waals surface area contributed by atoms with Gasteiger partial charge in [0.15, 0.2) is 0 Å². The summed E-state index contributed by atoms with van der Waals surface area (Å²) in [7, 11) is 0. The largest absolute Gasteiger partial charge is 0.480 e. The number of carbonyl (C=O) groups excluding carboxylic acids is 1. The van der Waals surface area contributed by atoms with Gasteiger partial charge in [0, 0.05) is 98.3 Å². The van der Waals surface area contributed by atoms with Crippen molar-refractivity contribution in [1.82, 2.24) is 24.5 Å². The number of nitrogens with zero attached hydrogens (tertiary/aromatic N) is 5. The van der Waals surface area contributed by atoms with Crippen molar-refractivity contribution in [3.63, 3.8) is 0 Å².